The molecule has 0 spiro atoms. The summed E-state index contributed by atoms with van der Waals surface area (Å²) in [5, 5.41) is 0. The molecule has 0 heterocycles. The first kappa shape index (κ1) is 12.9. The molecule has 0 amide bonds. The van der Waals surface area contributed by atoms with Crippen molar-refractivity contribution >= 4 is 26.9 Å². The summed E-state index contributed by atoms with van der Waals surface area (Å²) in [5.41, 5.74) is 1.14. The van der Waals surface area contributed by atoms with Crippen molar-refractivity contribution in [1.82, 2.24) is 4.72 Å². The lowest BCUT2D eigenvalue weighted by Gasteiger charge is -2.18. The van der Waals surface area contributed by atoms with E-state index < -0.39 is 11.0 Å². The van der Waals surface area contributed by atoms with E-state index in [1.807, 2.05) is 45.0 Å². The molecule has 0 aliphatic rings. The second-order valence-electron chi connectivity index (χ2n) is 4.33. The molecule has 0 saturated heterocycles. The third kappa shape index (κ3) is 4.45. The third-order valence-electron chi connectivity index (χ3n) is 1.88. The zero-order valence-corrected chi connectivity index (χ0v) is 11.6. The van der Waals surface area contributed by atoms with E-state index in [2.05, 4.69) is 20.7 Å². The lowest BCUT2D eigenvalue weighted by Crippen LogP contribution is -2.32. The highest BCUT2D eigenvalue weighted by molar-refractivity contribution is 9.10. The van der Waals surface area contributed by atoms with Gasteiger partial charge in [0.2, 0.25) is 0 Å². The van der Waals surface area contributed by atoms with Crippen LogP contribution in [0.3, 0.4) is 0 Å². The molecule has 0 saturated carbocycles. The lowest BCUT2D eigenvalue weighted by molar-refractivity contribution is 0.635. The van der Waals surface area contributed by atoms with Crippen molar-refractivity contribution in [3.63, 3.8) is 0 Å². The van der Waals surface area contributed by atoms with Crippen LogP contribution < -0.4 is 4.72 Å². The number of nitrogens with one attached hydrogen (secondary N) is 1. The number of halogens is 1. The van der Waals surface area contributed by atoms with Gasteiger partial charge in [-0.15, -0.1) is 0 Å². The van der Waals surface area contributed by atoms with Gasteiger partial charge >= 0.3 is 0 Å². The second kappa shape index (κ2) is 5.23. The van der Waals surface area contributed by atoms with Crippen LogP contribution in [0, 0.1) is 0 Å². The Morgan fingerprint density at radius 3 is 2.27 bits per heavy atom. The van der Waals surface area contributed by atoms with Gasteiger partial charge in [0.1, 0.15) is 0 Å². The summed E-state index contributed by atoms with van der Waals surface area (Å²) in [5.74, 6) is 0. The topological polar surface area (TPSA) is 29.1 Å². The van der Waals surface area contributed by atoms with Crippen LogP contribution in [-0.4, -0.2) is 8.96 Å². The number of hydrogen-bond acceptors (Lipinski definition) is 1. The minimum Gasteiger partial charge on any atom is -0.242 e. The van der Waals surface area contributed by atoms with Gasteiger partial charge in [-0.25, -0.2) is 8.93 Å². The third-order valence-corrected chi connectivity index (χ3v) is 3.92. The maximum atomic E-state index is 11.7. The number of benzene rings is 1. The summed E-state index contributed by atoms with van der Waals surface area (Å²) >= 11 is 3.38. The van der Waals surface area contributed by atoms with Crippen molar-refractivity contribution in [2.24, 2.45) is 0 Å². The molecule has 15 heavy (non-hydrogen) atoms. The highest BCUT2D eigenvalue weighted by atomic mass is 79.9. The molecule has 1 N–H and O–H groups in total. The van der Waals surface area contributed by atoms with Gasteiger partial charge in [0, 0.05) is 11.0 Å². The molecule has 1 aromatic rings. The van der Waals surface area contributed by atoms with Crippen LogP contribution in [0.4, 0.5) is 0 Å². The highest BCUT2D eigenvalue weighted by Crippen LogP contribution is 2.12. The normalized spacial score (nSPS) is 13.9. The fourth-order valence-corrected chi connectivity index (χ4v) is 1.96. The summed E-state index contributed by atoms with van der Waals surface area (Å²) < 4.78 is 15.6. The maximum Gasteiger partial charge on any atom is 0.0973 e. The standard InChI is InChI=1S/C11H16BrNOS/c1-11(2,3)15(14)13-8-9-4-6-10(12)7-5-9/h4-7,13H,8H2,1-3H3. The molecule has 0 radical (unpaired) electrons. The molecule has 1 atom stereocenters. The van der Waals surface area contributed by atoms with E-state index in [0.717, 1.165) is 10.0 Å². The molecule has 0 bridgehead atoms. The lowest BCUT2D eigenvalue weighted by atomic mass is 10.2. The smallest absolute Gasteiger partial charge is 0.0973 e. The van der Waals surface area contributed by atoms with Crippen LogP contribution >= 0.6 is 15.9 Å². The van der Waals surface area contributed by atoms with Gasteiger partial charge in [-0.1, -0.05) is 28.1 Å². The average Bonchev–Trinajstić information content (AvgIpc) is 2.15. The summed E-state index contributed by atoms with van der Waals surface area (Å²) in [6.45, 7) is 6.50. The molecular formula is C11H16BrNOS. The summed E-state index contributed by atoms with van der Waals surface area (Å²) in [4.78, 5) is 0. The zero-order valence-electron chi connectivity index (χ0n) is 9.21. The molecule has 1 unspecified atom stereocenters. The Morgan fingerprint density at radius 1 is 1.27 bits per heavy atom. The number of hydrogen-bond donors (Lipinski definition) is 1. The molecule has 0 fully saturated rings. The van der Waals surface area contributed by atoms with Gasteiger partial charge in [-0.05, 0) is 38.5 Å². The molecule has 4 heteroatoms. The Labute approximate surface area is 102 Å². The number of rotatable bonds is 3. The van der Waals surface area contributed by atoms with E-state index in [-0.39, 0.29) is 4.75 Å². The molecule has 84 valence electrons. The second-order valence-corrected chi connectivity index (χ2v) is 7.30. The minimum absolute atomic E-state index is 0.213. The Morgan fingerprint density at radius 2 is 1.80 bits per heavy atom. The zero-order chi connectivity index (χ0) is 11.5. The molecule has 0 aromatic heterocycles. The SMILES string of the molecule is CC(C)(C)S(=O)NCc1ccc(Br)cc1. The first-order valence-corrected chi connectivity index (χ1v) is 6.74. The molecule has 1 rings (SSSR count). The van der Waals surface area contributed by atoms with Crippen LogP contribution in [0.15, 0.2) is 28.7 Å². The Bertz CT molecular complexity index is 343. The van der Waals surface area contributed by atoms with E-state index >= 15 is 0 Å². The van der Waals surface area contributed by atoms with Crippen molar-refractivity contribution in [1.29, 1.82) is 0 Å². The first-order valence-electron chi connectivity index (χ1n) is 4.79. The van der Waals surface area contributed by atoms with E-state index in [0.29, 0.717) is 6.54 Å². The predicted octanol–water partition coefficient (Wildman–Crippen LogP) is 3.00. The predicted molar refractivity (Wildman–Crippen MR) is 68.9 cm³/mol. The molecular weight excluding hydrogens is 274 g/mol. The van der Waals surface area contributed by atoms with Crippen molar-refractivity contribution in [3.8, 4) is 0 Å². The summed E-state index contributed by atoms with van der Waals surface area (Å²) in [7, 11) is -1.00. The fourth-order valence-electron chi connectivity index (χ4n) is 0.968. The van der Waals surface area contributed by atoms with Crippen molar-refractivity contribution in [2.75, 3.05) is 0 Å². The van der Waals surface area contributed by atoms with Gasteiger partial charge in [0.05, 0.1) is 15.7 Å². The van der Waals surface area contributed by atoms with E-state index in [1.165, 1.54) is 0 Å². The molecule has 0 aliphatic heterocycles. The Kier molecular flexibility index (Phi) is 4.49. The Hall–Kier alpha value is -0.190. The average molecular weight is 290 g/mol. The van der Waals surface area contributed by atoms with Crippen molar-refractivity contribution in [2.45, 2.75) is 32.1 Å². The largest absolute Gasteiger partial charge is 0.242 e. The molecule has 2 nitrogen and oxygen atoms in total. The van der Waals surface area contributed by atoms with Gasteiger partial charge < -0.3 is 0 Å². The van der Waals surface area contributed by atoms with Gasteiger partial charge in [0.25, 0.3) is 0 Å². The van der Waals surface area contributed by atoms with E-state index in [4.69, 9.17) is 0 Å². The van der Waals surface area contributed by atoms with Crippen LogP contribution in [0.2, 0.25) is 0 Å². The van der Waals surface area contributed by atoms with Crippen LogP contribution in [0.1, 0.15) is 26.3 Å². The first-order chi connectivity index (χ1) is 6.89. The molecule has 1 aromatic carbocycles. The molecule has 0 aliphatic carbocycles. The quantitative estimate of drug-likeness (QED) is 0.911. The van der Waals surface area contributed by atoms with Crippen molar-refractivity contribution < 1.29 is 4.21 Å². The van der Waals surface area contributed by atoms with Crippen molar-refractivity contribution in [3.05, 3.63) is 34.3 Å². The van der Waals surface area contributed by atoms with Crippen LogP contribution in [0.25, 0.3) is 0 Å². The highest BCUT2D eigenvalue weighted by Gasteiger charge is 2.18. The van der Waals surface area contributed by atoms with Gasteiger partial charge in [-0.2, -0.15) is 0 Å². The van der Waals surface area contributed by atoms with E-state index in [9.17, 15) is 4.21 Å². The Balaban J connectivity index is 2.51. The maximum absolute atomic E-state index is 11.7. The summed E-state index contributed by atoms with van der Waals surface area (Å²) in [6, 6.07) is 7.99. The fraction of sp³-hybridized carbons (Fsp3) is 0.455. The van der Waals surface area contributed by atoms with Gasteiger partial charge in [0.15, 0.2) is 0 Å². The monoisotopic (exact) mass is 289 g/mol. The summed E-state index contributed by atoms with van der Waals surface area (Å²) in [6.07, 6.45) is 0. The van der Waals surface area contributed by atoms with Crippen LogP contribution in [-0.2, 0) is 17.5 Å². The van der Waals surface area contributed by atoms with Gasteiger partial charge in [-0.3, -0.25) is 0 Å². The van der Waals surface area contributed by atoms with Crippen LogP contribution in [0.5, 0.6) is 0 Å². The van der Waals surface area contributed by atoms with E-state index in [1.54, 1.807) is 0 Å². The minimum atomic E-state index is -1.00.